The number of anilines is 1. The minimum Gasteiger partial charge on any atom is -0.292 e. The highest BCUT2D eigenvalue weighted by Crippen LogP contribution is 2.42. The van der Waals surface area contributed by atoms with Crippen LogP contribution in [0.1, 0.15) is 17.0 Å². The van der Waals surface area contributed by atoms with Crippen molar-refractivity contribution in [3.05, 3.63) is 106 Å². The molecule has 0 aliphatic carbocycles. The van der Waals surface area contributed by atoms with Crippen LogP contribution < -0.4 is 4.90 Å². The Morgan fingerprint density at radius 3 is 2.10 bits per heavy atom. The highest BCUT2D eigenvalue weighted by Gasteiger charge is 2.43. The number of Topliss-reactive ketones (excluding diaryl/α,β-unsaturated/α-hetero) is 1. The van der Waals surface area contributed by atoms with Gasteiger partial charge >= 0.3 is 0 Å². The van der Waals surface area contributed by atoms with Crippen molar-refractivity contribution in [3.63, 3.8) is 0 Å². The Hall–Kier alpha value is -3.39. The molecule has 0 fully saturated rings. The highest BCUT2D eigenvalue weighted by molar-refractivity contribution is 6.38. The number of ketones is 1. The van der Waals surface area contributed by atoms with Gasteiger partial charge in [0.05, 0.1) is 16.4 Å². The van der Waals surface area contributed by atoms with E-state index in [1.165, 1.54) is 11.0 Å². The fraction of sp³-hybridized carbons (Fsp3) is 0.0417. The van der Waals surface area contributed by atoms with E-state index in [2.05, 4.69) is 0 Å². The molecule has 1 unspecified atom stereocenters. The normalized spacial score (nSPS) is 16.6. The largest absolute Gasteiger partial charge is 0.292 e. The van der Waals surface area contributed by atoms with Crippen molar-refractivity contribution < 1.29 is 9.59 Å². The van der Waals surface area contributed by atoms with Gasteiger partial charge in [0.1, 0.15) is 17.6 Å². The van der Waals surface area contributed by atoms with Crippen molar-refractivity contribution in [1.29, 1.82) is 5.26 Å². The van der Waals surface area contributed by atoms with Crippen molar-refractivity contribution in [2.75, 3.05) is 4.90 Å². The lowest BCUT2D eigenvalue weighted by Crippen LogP contribution is -2.43. The molecule has 1 aliphatic rings. The smallest absolute Gasteiger partial charge is 0.247 e. The Labute approximate surface area is 183 Å². The van der Waals surface area contributed by atoms with Crippen LogP contribution in [0, 0.1) is 11.3 Å². The van der Waals surface area contributed by atoms with Crippen LogP contribution in [-0.2, 0) is 9.59 Å². The van der Waals surface area contributed by atoms with Gasteiger partial charge in [0, 0.05) is 10.6 Å². The molecule has 0 radical (unpaired) electrons. The van der Waals surface area contributed by atoms with Crippen LogP contribution in [0.2, 0.25) is 10.0 Å². The van der Waals surface area contributed by atoms with E-state index in [0.29, 0.717) is 21.8 Å². The summed E-state index contributed by atoms with van der Waals surface area (Å²) in [5.74, 6) is -2.15. The average molecular weight is 433 g/mol. The maximum absolute atomic E-state index is 13.7. The summed E-state index contributed by atoms with van der Waals surface area (Å²) in [7, 11) is 0. The van der Waals surface area contributed by atoms with Crippen LogP contribution in [0.15, 0.2) is 84.4 Å². The first-order chi connectivity index (χ1) is 14.5. The number of hydrogen-bond donors (Lipinski definition) is 0. The van der Waals surface area contributed by atoms with Gasteiger partial charge < -0.3 is 0 Å². The quantitative estimate of drug-likeness (QED) is 0.503. The molecule has 0 aromatic heterocycles. The maximum Gasteiger partial charge on any atom is 0.247 e. The van der Waals surface area contributed by atoms with Crippen LogP contribution >= 0.6 is 23.2 Å². The molecule has 0 bridgehead atoms. The van der Waals surface area contributed by atoms with E-state index in [-0.39, 0.29) is 16.3 Å². The van der Waals surface area contributed by atoms with Gasteiger partial charge in [0.25, 0.3) is 0 Å². The minimum atomic E-state index is -1.14. The number of benzene rings is 3. The number of allylic oxidation sites excluding steroid dienone is 1. The van der Waals surface area contributed by atoms with Crippen LogP contribution in [0.4, 0.5) is 5.69 Å². The molecule has 4 nitrogen and oxygen atoms in total. The summed E-state index contributed by atoms with van der Waals surface area (Å²) in [5, 5.41) is 10.6. The van der Waals surface area contributed by atoms with Gasteiger partial charge in [-0.1, -0.05) is 83.9 Å². The molecular weight excluding hydrogens is 419 g/mol. The first-order valence-corrected chi connectivity index (χ1v) is 9.86. The van der Waals surface area contributed by atoms with E-state index in [1.807, 2.05) is 12.1 Å². The Kier molecular flexibility index (Phi) is 5.41. The first kappa shape index (κ1) is 19.9. The molecule has 6 heteroatoms. The van der Waals surface area contributed by atoms with Crippen molar-refractivity contribution in [2.24, 2.45) is 0 Å². The Morgan fingerprint density at radius 2 is 1.50 bits per heavy atom. The first-order valence-electron chi connectivity index (χ1n) is 9.11. The third-order valence-electron chi connectivity index (χ3n) is 4.88. The molecule has 1 amide bonds. The summed E-state index contributed by atoms with van der Waals surface area (Å²) in [6.45, 7) is 0. The van der Waals surface area contributed by atoms with Gasteiger partial charge in [-0.25, -0.2) is 0 Å². The molecule has 1 heterocycles. The molecular formula is C24H14Cl2N2O2. The molecule has 30 heavy (non-hydrogen) atoms. The van der Waals surface area contributed by atoms with E-state index in [1.54, 1.807) is 66.7 Å². The minimum absolute atomic E-state index is 0.0966. The topological polar surface area (TPSA) is 61.2 Å². The van der Waals surface area contributed by atoms with Crippen LogP contribution in [-0.4, -0.2) is 11.7 Å². The number of carbonyl (C=O) groups excluding carboxylic acids is 2. The summed E-state index contributed by atoms with van der Waals surface area (Å²) < 4.78 is 0. The van der Waals surface area contributed by atoms with Gasteiger partial charge in [0.15, 0.2) is 5.78 Å². The molecule has 4 rings (SSSR count). The van der Waals surface area contributed by atoms with E-state index < -0.39 is 17.6 Å². The van der Waals surface area contributed by atoms with E-state index in [0.717, 1.165) is 0 Å². The van der Waals surface area contributed by atoms with Crippen LogP contribution in [0.3, 0.4) is 0 Å². The number of nitrogens with zero attached hydrogens (tertiary/aromatic N) is 2. The molecule has 0 saturated carbocycles. The molecule has 1 atom stereocenters. The number of halogens is 2. The van der Waals surface area contributed by atoms with Gasteiger partial charge in [-0.15, -0.1) is 0 Å². The summed E-state index contributed by atoms with van der Waals surface area (Å²) in [4.78, 5) is 28.3. The second-order valence-corrected chi connectivity index (χ2v) is 7.52. The number of amides is 1. The predicted molar refractivity (Wildman–Crippen MR) is 117 cm³/mol. The standard InChI is InChI=1S/C24H14Cl2N2O2/c25-17-11-12-20(19(26)13-17)28-22(16-9-5-2-6-10-16)18(14-27)23(29)21(24(28)30)15-7-3-1-4-8-15/h1-13,21H. The van der Waals surface area contributed by atoms with E-state index in [9.17, 15) is 14.9 Å². The van der Waals surface area contributed by atoms with Crippen LogP contribution in [0.25, 0.3) is 5.70 Å². The lowest BCUT2D eigenvalue weighted by Gasteiger charge is -2.34. The number of hydrogen-bond acceptors (Lipinski definition) is 3. The Bertz CT molecular complexity index is 1210. The second kappa shape index (κ2) is 8.16. The number of rotatable bonds is 3. The molecule has 0 spiro atoms. The van der Waals surface area contributed by atoms with Crippen molar-refractivity contribution in [1.82, 2.24) is 0 Å². The zero-order valence-electron chi connectivity index (χ0n) is 15.5. The van der Waals surface area contributed by atoms with Crippen molar-refractivity contribution >= 4 is 46.3 Å². The highest BCUT2D eigenvalue weighted by atomic mass is 35.5. The zero-order valence-corrected chi connectivity index (χ0v) is 17.1. The lowest BCUT2D eigenvalue weighted by molar-refractivity contribution is -0.127. The van der Waals surface area contributed by atoms with Gasteiger partial charge in [-0.05, 0) is 23.8 Å². The number of carbonyl (C=O) groups is 2. The summed E-state index contributed by atoms with van der Waals surface area (Å²) in [5.41, 5.74) is 1.55. The van der Waals surface area contributed by atoms with Crippen molar-refractivity contribution in [2.45, 2.75) is 5.92 Å². The Balaban J connectivity index is 2.02. The number of nitriles is 1. The molecule has 1 aliphatic heterocycles. The third-order valence-corrected chi connectivity index (χ3v) is 5.42. The predicted octanol–water partition coefficient (Wildman–Crippen LogP) is 5.63. The average Bonchev–Trinajstić information content (AvgIpc) is 2.75. The van der Waals surface area contributed by atoms with E-state index >= 15 is 0 Å². The Morgan fingerprint density at radius 1 is 0.867 bits per heavy atom. The zero-order chi connectivity index (χ0) is 21.3. The molecule has 3 aromatic rings. The molecule has 146 valence electrons. The van der Waals surface area contributed by atoms with E-state index in [4.69, 9.17) is 23.2 Å². The summed E-state index contributed by atoms with van der Waals surface area (Å²) in [6, 6.07) is 24.3. The van der Waals surface area contributed by atoms with Crippen molar-refractivity contribution in [3.8, 4) is 6.07 Å². The summed E-state index contributed by atoms with van der Waals surface area (Å²) >= 11 is 12.5. The lowest BCUT2D eigenvalue weighted by atomic mass is 9.83. The van der Waals surface area contributed by atoms with Gasteiger partial charge in [0.2, 0.25) is 5.91 Å². The fourth-order valence-corrected chi connectivity index (χ4v) is 4.04. The monoisotopic (exact) mass is 432 g/mol. The fourth-order valence-electron chi connectivity index (χ4n) is 3.54. The second-order valence-electron chi connectivity index (χ2n) is 6.68. The molecule has 3 aromatic carbocycles. The molecule has 0 N–H and O–H groups in total. The third kappa shape index (κ3) is 3.39. The van der Waals surface area contributed by atoms with Crippen LogP contribution in [0.5, 0.6) is 0 Å². The van der Waals surface area contributed by atoms with Gasteiger partial charge in [-0.2, -0.15) is 5.26 Å². The maximum atomic E-state index is 13.7. The molecule has 0 saturated heterocycles. The summed E-state index contributed by atoms with van der Waals surface area (Å²) in [6.07, 6.45) is 0. The SMILES string of the molecule is N#CC1=C(c2ccccc2)N(c2ccc(Cl)cc2Cl)C(=O)C(c2ccccc2)C1=O. The van der Waals surface area contributed by atoms with Gasteiger partial charge in [-0.3, -0.25) is 14.5 Å².